The first-order valence-electron chi connectivity index (χ1n) is 11.2. The molecule has 1 saturated heterocycles. The van der Waals surface area contributed by atoms with Gasteiger partial charge >= 0.3 is 0 Å². The summed E-state index contributed by atoms with van der Waals surface area (Å²) in [6, 6.07) is 10.7. The van der Waals surface area contributed by atoms with Gasteiger partial charge in [-0.1, -0.05) is 18.2 Å². The van der Waals surface area contributed by atoms with Crippen LogP contribution >= 0.6 is 11.8 Å². The number of ether oxygens (including phenoxy) is 1. The molecule has 3 aromatic rings. The molecular formula is C24H29N3O4S2. The van der Waals surface area contributed by atoms with Crippen molar-refractivity contribution < 1.29 is 17.9 Å². The highest BCUT2D eigenvalue weighted by Gasteiger charge is 2.26. The fourth-order valence-corrected chi connectivity index (χ4v) is 6.76. The maximum Gasteiger partial charge on any atom is 0.243 e. The molecule has 0 saturated carbocycles. The number of imidazole rings is 1. The predicted molar refractivity (Wildman–Crippen MR) is 131 cm³/mol. The topological polar surface area (TPSA) is 81.5 Å². The number of nitrogens with zero attached hydrogens (tertiary/aromatic N) is 3. The van der Waals surface area contributed by atoms with E-state index in [2.05, 4.69) is 4.57 Å². The molecule has 9 heteroatoms. The number of ketones is 1. The Morgan fingerprint density at radius 1 is 1.12 bits per heavy atom. The summed E-state index contributed by atoms with van der Waals surface area (Å²) < 4.78 is 35.3. The van der Waals surface area contributed by atoms with Crippen molar-refractivity contribution in [3.05, 3.63) is 47.5 Å². The number of Topliss-reactive ketones (excluding diaryl/α,β-unsaturated/α-hetero) is 1. The molecule has 0 spiro atoms. The van der Waals surface area contributed by atoms with E-state index in [0.29, 0.717) is 41.4 Å². The highest BCUT2D eigenvalue weighted by Crippen LogP contribution is 2.32. The number of methoxy groups -OCH3 is 1. The molecule has 1 aromatic heterocycles. The highest BCUT2D eigenvalue weighted by molar-refractivity contribution is 7.98. The van der Waals surface area contributed by atoms with Gasteiger partial charge in [-0.25, -0.2) is 13.4 Å². The average molecular weight is 488 g/mol. The lowest BCUT2D eigenvalue weighted by molar-refractivity contribution is 0.101. The van der Waals surface area contributed by atoms with Gasteiger partial charge in [0.25, 0.3) is 0 Å². The van der Waals surface area contributed by atoms with Crippen LogP contribution in [0.2, 0.25) is 0 Å². The summed E-state index contributed by atoms with van der Waals surface area (Å²) >= 11 is 1.54. The molecule has 0 amide bonds. The third kappa shape index (κ3) is 4.81. The monoisotopic (exact) mass is 487 g/mol. The molecule has 0 bridgehead atoms. The molecule has 1 aliphatic rings. The van der Waals surface area contributed by atoms with E-state index in [1.165, 1.54) is 0 Å². The van der Waals surface area contributed by atoms with Crippen molar-refractivity contribution in [2.75, 3.05) is 20.2 Å². The molecule has 2 heterocycles. The zero-order valence-corrected chi connectivity index (χ0v) is 20.8. The minimum Gasteiger partial charge on any atom is -0.496 e. The van der Waals surface area contributed by atoms with Crippen LogP contribution in [0.15, 0.2) is 46.5 Å². The molecule has 33 heavy (non-hydrogen) atoms. The Morgan fingerprint density at radius 2 is 1.88 bits per heavy atom. The summed E-state index contributed by atoms with van der Waals surface area (Å²) in [6.45, 7) is 5.45. The Balaban J connectivity index is 1.64. The van der Waals surface area contributed by atoms with Crippen molar-refractivity contribution in [3.8, 4) is 5.75 Å². The summed E-state index contributed by atoms with van der Waals surface area (Å²) in [6.07, 6.45) is 2.88. The first kappa shape index (κ1) is 23.8. The maximum absolute atomic E-state index is 13.1. The van der Waals surface area contributed by atoms with Gasteiger partial charge in [0, 0.05) is 36.5 Å². The van der Waals surface area contributed by atoms with Crippen LogP contribution in [0.4, 0.5) is 0 Å². The summed E-state index contributed by atoms with van der Waals surface area (Å²) in [5.41, 5.74) is 3.13. The number of carbonyl (C=O) groups is 1. The molecule has 0 atom stereocenters. The zero-order chi connectivity index (χ0) is 23.6. The number of benzene rings is 2. The van der Waals surface area contributed by atoms with Crippen molar-refractivity contribution in [1.29, 1.82) is 0 Å². The van der Waals surface area contributed by atoms with Crippen molar-refractivity contribution in [1.82, 2.24) is 13.9 Å². The van der Waals surface area contributed by atoms with Crippen LogP contribution in [0.5, 0.6) is 5.75 Å². The molecular weight excluding hydrogens is 458 g/mol. The van der Waals surface area contributed by atoms with E-state index in [9.17, 15) is 13.2 Å². The highest BCUT2D eigenvalue weighted by atomic mass is 32.2. The Morgan fingerprint density at radius 3 is 2.55 bits per heavy atom. The van der Waals surface area contributed by atoms with E-state index < -0.39 is 10.0 Å². The van der Waals surface area contributed by atoms with E-state index in [4.69, 9.17) is 9.72 Å². The van der Waals surface area contributed by atoms with E-state index >= 15 is 0 Å². The van der Waals surface area contributed by atoms with Gasteiger partial charge in [0.2, 0.25) is 10.0 Å². The van der Waals surface area contributed by atoms with E-state index in [1.54, 1.807) is 48.3 Å². The van der Waals surface area contributed by atoms with Gasteiger partial charge in [-0.15, -0.1) is 0 Å². The van der Waals surface area contributed by atoms with Crippen LogP contribution in [0.3, 0.4) is 0 Å². The summed E-state index contributed by atoms with van der Waals surface area (Å²) in [7, 11) is -1.90. The largest absolute Gasteiger partial charge is 0.496 e. The van der Waals surface area contributed by atoms with Crippen LogP contribution in [0, 0.1) is 0 Å². The third-order valence-electron chi connectivity index (χ3n) is 6.00. The molecule has 4 rings (SSSR count). The van der Waals surface area contributed by atoms with Gasteiger partial charge in [0.05, 0.1) is 23.0 Å². The zero-order valence-electron chi connectivity index (χ0n) is 19.2. The summed E-state index contributed by atoms with van der Waals surface area (Å²) in [5.74, 6) is 1.31. The van der Waals surface area contributed by atoms with Crippen LogP contribution in [0.1, 0.15) is 49.0 Å². The SMILES string of the molecule is CCn1c(SCc2cc(C(C)=O)ccc2OC)nc2cc(S(=O)(=O)N3CCCCC3)ccc21. The Bertz CT molecular complexity index is 1280. The van der Waals surface area contributed by atoms with Gasteiger partial charge < -0.3 is 9.30 Å². The van der Waals surface area contributed by atoms with Crippen LogP contribution < -0.4 is 4.74 Å². The van der Waals surface area contributed by atoms with E-state index in [0.717, 1.165) is 41.2 Å². The number of aryl methyl sites for hydroxylation is 1. The predicted octanol–water partition coefficient (Wildman–Crippen LogP) is 4.73. The number of piperidine rings is 1. The molecule has 0 aliphatic carbocycles. The molecule has 7 nitrogen and oxygen atoms in total. The fraction of sp³-hybridized carbons (Fsp3) is 0.417. The number of aromatic nitrogens is 2. The average Bonchev–Trinajstić information content (AvgIpc) is 3.19. The molecule has 1 fully saturated rings. The third-order valence-corrected chi connectivity index (χ3v) is 8.92. The molecule has 0 radical (unpaired) electrons. The Labute approximate surface area is 199 Å². The second-order valence-corrected chi connectivity index (χ2v) is 11.0. The summed E-state index contributed by atoms with van der Waals surface area (Å²) in [4.78, 5) is 16.9. The van der Waals surface area contributed by atoms with Gasteiger partial charge in [0.15, 0.2) is 10.9 Å². The minimum atomic E-state index is -3.51. The van der Waals surface area contributed by atoms with Crippen LogP contribution in [-0.4, -0.2) is 48.3 Å². The van der Waals surface area contributed by atoms with Crippen molar-refractivity contribution in [2.45, 2.75) is 55.5 Å². The molecule has 0 N–H and O–H groups in total. The van der Waals surface area contributed by atoms with Crippen molar-refractivity contribution in [3.63, 3.8) is 0 Å². The summed E-state index contributed by atoms with van der Waals surface area (Å²) in [5, 5.41) is 0.801. The lowest BCUT2D eigenvalue weighted by Gasteiger charge is -2.25. The smallest absolute Gasteiger partial charge is 0.243 e. The second kappa shape index (κ2) is 9.87. The lowest BCUT2D eigenvalue weighted by Crippen LogP contribution is -2.35. The maximum atomic E-state index is 13.1. The molecule has 176 valence electrons. The number of hydrogen-bond donors (Lipinski definition) is 0. The van der Waals surface area contributed by atoms with Gasteiger partial charge in [0.1, 0.15) is 5.75 Å². The quantitative estimate of drug-likeness (QED) is 0.337. The van der Waals surface area contributed by atoms with E-state index in [-0.39, 0.29) is 5.78 Å². The number of fused-ring (bicyclic) bond motifs is 1. The van der Waals surface area contributed by atoms with Gasteiger partial charge in [-0.3, -0.25) is 4.79 Å². The number of thioether (sulfide) groups is 1. The molecule has 2 aromatic carbocycles. The standard InChI is InChI=1S/C24H29N3O4S2/c1-4-27-22-10-9-20(33(29,30)26-12-6-5-7-13-26)15-21(22)25-24(27)32-16-19-14-18(17(2)28)8-11-23(19)31-3/h8-11,14-15H,4-7,12-13,16H2,1-3H3. The fourth-order valence-electron chi connectivity index (χ4n) is 4.17. The second-order valence-electron chi connectivity index (χ2n) is 8.13. The Kier molecular flexibility index (Phi) is 7.11. The van der Waals surface area contributed by atoms with Crippen molar-refractivity contribution >= 4 is 38.6 Å². The van der Waals surface area contributed by atoms with Crippen LogP contribution in [-0.2, 0) is 22.3 Å². The normalized spacial score (nSPS) is 15.1. The van der Waals surface area contributed by atoms with E-state index in [1.807, 2.05) is 25.1 Å². The Hall–Kier alpha value is -2.36. The van der Waals surface area contributed by atoms with Crippen molar-refractivity contribution in [2.24, 2.45) is 0 Å². The van der Waals surface area contributed by atoms with Crippen LogP contribution in [0.25, 0.3) is 11.0 Å². The molecule has 1 aliphatic heterocycles. The number of sulfonamides is 1. The first-order valence-corrected chi connectivity index (χ1v) is 13.6. The molecule has 0 unspecified atom stereocenters. The number of carbonyl (C=O) groups excluding carboxylic acids is 1. The van der Waals surface area contributed by atoms with Gasteiger partial charge in [-0.2, -0.15) is 4.31 Å². The first-order chi connectivity index (χ1) is 15.8. The lowest BCUT2D eigenvalue weighted by atomic mass is 10.1. The number of rotatable bonds is 8. The minimum absolute atomic E-state index is 0.00661. The van der Waals surface area contributed by atoms with Gasteiger partial charge in [-0.05, 0) is 63.1 Å². The number of hydrogen-bond acceptors (Lipinski definition) is 6.